The molecule has 0 saturated carbocycles. The summed E-state index contributed by atoms with van der Waals surface area (Å²) in [5.74, 6) is 0.740. The van der Waals surface area contributed by atoms with Crippen LogP contribution in [0.2, 0.25) is 0 Å². The molecule has 1 N–H and O–H groups in total. The zero-order valence-electron chi connectivity index (χ0n) is 11.7. The Bertz CT molecular complexity index is 593. The van der Waals surface area contributed by atoms with Gasteiger partial charge in [-0.3, -0.25) is 4.79 Å². The zero-order chi connectivity index (χ0) is 14.0. The summed E-state index contributed by atoms with van der Waals surface area (Å²) in [6, 6.07) is 5.57. The maximum Gasteiger partial charge on any atom is 0.224 e. The van der Waals surface area contributed by atoms with E-state index in [9.17, 15) is 4.79 Å². The number of carbonyl (C=O) groups is 1. The van der Waals surface area contributed by atoms with Gasteiger partial charge in [-0.2, -0.15) is 0 Å². The van der Waals surface area contributed by atoms with Crippen molar-refractivity contribution in [3.63, 3.8) is 0 Å². The molecule has 2 rings (SSSR count). The number of furan rings is 1. The first-order valence-electron chi connectivity index (χ1n) is 6.24. The van der Waals surface area contributed by atoms with Crippen LogP contribution in [0.4, 0.5) is 0 Å². The van der Waals surface area contributed by atoms with E-state index in [0.717, 1.165) is 22.3 Å². The number of nitrogens with one attached hydrogen (secondary N) is 1. The van der Waals surface area contributed by atoms with Crippen molar-refractivity contribution in [1.82, 2.24) is 5.32 Å². The molecule has 2 aromatic rings. The molecule has 0 fully saturated rings. The highest BCUT2D eigenvalue weighted by Gasteiger charge is 2.16. The smallest absolute Gasteiger partial charge is 0.224 e. The van der Waals surface area contributed by atoms with E-state index in [2.05, 4.69) is 5.32 Å². The summed E-state index contributed by atoms with van der Waals surface area (Å²) >= 11 is 0. The van der Waals surface area contributed by atoms with Crippen LogP contribution in [0.1, 0.15) is 26.3 Å². The lowest BCUT2D eigenvalue weighted by molar-refractivity contribution is -0.121. The molecule has 1 aromatic carbocycles. The van der Waals surface area contributed by atoms with Crippen molar-refractivity contribution in [3.05, 3.63) is 30.0 Å². The van der Waals surface area contributed by atoms with E-state index in [1.807, 2.05) is 39.0 Å². The van der Waals surface area contributed by atoms with Gasteiger partial charge in [0.2, 0.25) is 5.91 Å². The van der Waals surface area contributed by atoms with Crippen LogP contribution >= 0.6 is 0 Å². The molecule has 1 amide bonds. The summed E-state index contributed by atoms with van der Waals surface area (Å²) in [5, 5.41) is 3.86. The van der Waals surface area contributed by atoms with E-state index in [4.69, 9.17) is 9.15 Å². The van der Waals surface area contributed by atoms with E-state index in [1.54, 1.807) is 13.4 Å². The van der Waals surface area contributed by atoms with Crippen molar-refractivity contribution in [1.29, 1.82) is 0 Å². The van der Waals surface area contributed by atoms with Crippen molar-refractivity contribution in [2.75, 3.05) is 7.11 Å². The van der Waals surface area contributed by atoms with Crippen molar-refractivity contribution in [2.24, 2.45) is 0 Å². The van der Waals surface area contributed by atoms with Crippen LogP contribution in [0.15, 0.2) is 28.9 Å². The molecule has 4 nitrogen and oxygen atoms in total. The third-order valence-electron chi connectivity index (χ3n) is 2.73. The predicted octanol–water partition coefficient (Wildman–Crippen LogP) is 2.90. The fraction of sp³-hybridized carbons (Fsp3) is 0.400. The third kappa shape index (κ3) is 3.28. The van der Waals surface area contributed by atoms with Gasteiger partial charge in [0.05, 0.1) is 19.8 Å². The largest absolute Gasteiger partial charge is 0.497 e. The van der Waals surface area contributed by atoms with Gasteiger partial charge in [0.25, 0.3) is 0 Å². The fourth-order valence-electron chi connectivity index (χ4n) is 1.96. The van der Waals surface area contributed by atoms with E-state index >= 15 is 0 Å². The summed E-state index contributed by atoms with van der Waals surface area (Å²) in [7, 11) is 1.62. The maximum atomic E-state index is 11.9. The predicted molar refractivity (Wildman–Crippen MR) is 74.4 cm³/mol. The number of carbonyl (C=O) groups excluding carboxylic acids is 1. The first kappa shape index (κ1) is 13.5. The molecule has 0 atom stereocenters. The van der Waals surface area contributed by atoms with Crippen LogP contribution in [-0.4, -0.2) is 18.6 Å². The average Bonchev–Trinajstić information content (AvgIpc) is 2.69. The molecule has 0 radical (unpaired) electrons. The van der Waals surface area contributed by atoms with E-state index < -0.39 is 0 Å². The minimum Gasteiger partial charge on any atom is -0.497 e. The molecule has 102 valence electrons. The van der Waals surface area contributed by atoms with Gasteiger partial charge in [0, 0.05) is 16.5 Å². The summed E-state index contributed by atoms with van der Waals surface area (Å²) in [4.78, 5) is 11.9. The van der Waals surface area contributed by atoms with E-state index in [0.29, 0.717) is 6.42 Å². The van der Waals surface area contributed by atoms with Gasteiger partial charge in [0.15, 0.2) is 0 Å². The van der Waals surface area contributed by atoms with Gasteiger partial charge in [-0.05, 0) is 39.0 Å². The molecule has 0 saturated heterocycles. The number of hydrogen-bond donors (Lipinski definition) is 1. The van der Waals surface area contributed by atoms with Crippen LogP contribution in [0.3, 0.4) is 0 Å². The molecular weight excluding hydrogens is 242 g/mol. The number of fused-ring (bicyclic) bond motifs is 1. The summed E-state index contributed by atoms with van der Waals surface area (Å²) < 4.78 is 10.6. The fourth-order valence-corrected chi connectivity index (χ4v) is 1.96. The van der Waals surface area contributed by atoms with Gasteiger partial charge in [-0.15, -0.1) is 0 Å². The van der Waals surface area contributed by atoms with Crippen LogP contribution in [0.25, 0.3) is 11.0 Å². The number of benzene rings is 1. The molecule has 0 aliphatic carbocycles. The molecule has 0 aliphatic rings. The average molecular weight is 261 g/mol. The standard InChI is InChI=1S/C15H19NO3/c1-15(2,3)16-14(17)7-10-9-19-13-6-5-11(18-4)8-12(10)13/h5-6,8-9H,7H2,1-4H3,(H,16,17). The second-order valence-electron chi connectivity index (χ2n) is 5.60. The molecule has 1 aromatic heterocycles. The van der Waals surface area contributed by atoms with Crippen LogP contribution in [0.5, 0.6) is 5.75 Å². The third-order valence-corrected chi connectivity index (χ3v) is 2.73. The molecule has 0 unspecified atom stereocenters. The Kier molecular flexibility index (Phi) is 3.51. The van der Waals surface area contributed by atoms with Crippen LogP contribution in [-0.2, 0) is 11.2 Å². The van der Waals surface area contributed by atoms with Crippen molar-refractivity contribution in [2.45, 2.75) is 32.7 Å². The number of hydrogen-bond acceptors (Lipinski definition) is 3. The van der Waals surface area contributed by atoms with Gasteiger partial charge in [-0.25, -0.2) is 0 Å². The second-order valence-corrected chi connectivity index (χ2v) is 5.60. The Hall–Kier alpha value is -1.97. The van der Waals surface area contributed by atoms with E-state index in [1.165, 1.54) is 0 Å². The molecule has 4 heteroatoms. The lowest BCUT2D eigenvalue weighted by Crippen LogP contribution is -2.41. The Morgan fingerprint density at radius 2 is 2.11 bits per heavy atom. The first-order chi connectivity index (χ1) is 8.89. The Morgan fingerprint density at radius 3 is 2.74 bits per heavy atom. The first-order valence-corrected chi connectivity index (χ1v) is 6.24. The van der Waals surface area contributed by atoms with Gasteiger partial charge < -0.3 is 14.5 Å². The minimum atomic E-state index is -0.228. The van der Waals surface area contributed by atoms with E-state index in [-0.39, 0.29) is 11.4 Å². The van der Waals surface area contributed by atoms with Crippen LogP contribution < -0.4 is 10.1 Å². The lowest BCUT2D eigenvalue weighted by atomic mass is 10.1. The SMILES string of the molecule is COc1ccc2occ(CC(=O)NC(C)(C)C)c2c1. The lowest BCUT2D eigenvalue weighted by Gasteiger charge is -2.20. The topological polar surface area (TPSA) is 51.5 Å². The van der Waals surface area contributed by atoms with Gasteiger partial charge >= 0.3 is 0 Å². The summed E-state index contributed by atoms with van der Waals surface area (Å²) in [6.07, 6.45) is 1.93. The number of ether oxygens (including phenoxy) is 1. The highest BCUT2D eigenvalue weighted by Crippen LogP contribution is 2.26. The molecule has 19 heavy (non-hydrogen) atoms. The number of rotatable bonds is 3. The van der Waals surface area contributed by atoms with Gasteiger partial charge in [-0.1, -0.05) is 0 Å². The molecule has 0 spiro atoms. The van der Waals surface area contributed by atoms with Crippen molar-refractivity contribution < 1.29 is 13.9 Å². The molecule has 0 aliphatic heterocycles. The second kappa shape index (κ2) is 4.96. The summed E-state index contributed by atoms with van der Waals surface area (Å²) in [6.45, 7) is 5.88. The molecular formula is C15H19NO3. The Labute approximate surface area is 112 Å². The highest BCUT2D eigenvalue weighted by atomic mass is 16.5. The summed E-state index contributed by atoms with van der Waals surface area (Å²) in [5.41, 5.74) is 1.41. The zero-order valence-corrected chi connectivity index (χ0v) is 11.7. The van der Waals surface area contributed by atoms with Gasteiger partial charge in [0.1, 0.15) is 11.3 Å². The van der Waals surface area contributed by atoms with Crippen molar-refractivity contribution in [3.8, 4) is 5.75 Å². The van der Waals surface area contributed by atoms with Crippen molar-refractivity contribution >= 4 is 16.9 Å². The number of methoxy groups -OCH3 is 1. The molecule has 1 heterocycles. The highest BCUT2D eigenvalue weighted by molar-refractivity contribution is 5.88. The normalized spacial score (nSPS) is 11.6. The minimum absolute atomic E-state index is 0.0157. The monoisotopic (exact) mass is 261 g/mol. The Morgan fingerprint density at radius 1 is 1.37 bits per heavy atom. The Balaban J connectivity index is 2.23. The molecule has 0 bridgehead atoms. The number of amides is 1. The quantitative estimate of drug-likeness (QED) is 0.924. The van der Waals surface area contributed by atoms with Crippen LogP contribution in [0, 0.1) is 0 Å². The maximum absolute atomic E-state index is 11.9.